The smallest absolute Gasteiger partial charge is 0.465 e. The monoisotopic (exact) mass is 365 g/mol. The molecule has 0 unspecified atom stereocenters. The summed E-state index contributed by atoms with van der Waals surface area (Å²) in [7, 11) is 0. The first-order valence-corrected chi connectivity index (χ1v) is 6.98. The topological polar surface area (TPSA) is 105 Å². The number of nitro benzene ring substituents is 1. The van der Waals surface area contributed by atoms with Crippen LogP contribution in [0.1, 0.15) is 25.3 Å². The van der Waals surface area contributed by atoms with E-state index in [1.54, 1.807) is 0 Å². The maximum atomic E-state index is 12.3. The number of halogens is 3. The first-order valence-electron chi connectivity index (χ1n) is 6.98. The van der Waals surface area contributed by atoms with Crippen molar-refractivity contribution in [2.75, 3.05) is 13.2 Å². The lowest BCUT2D eigenvalue weighted by molar-refractivity contribution is -0.385. The molecule has 25 heavy (non-hydrogen) atoms. The van der Waals surface area contributed by atoms with Crippen molar-refractivity contribution in [1.82, 2.24) is 0 Å². The Labute approximate surface area is 139 Å². The van der Waals surface area contributed by atoms with Gasteiger partial charge in [-0.3, -0.25) is 19.7 Å². The van der Waals surface area contributed by atoms with E-state index in [1.165, 1.54) is 13.8 Å². The standard InChI is InChI=1S/C14H14F3NO7/c1-3-23-12(19)11(13(20)24-4-2)9-6-5-8(25-14(15,16)17)7-10(9)18(21)22/h5-7,11H,3-4H2,1-2H3. The Morgan fingerprint density at radius 3 is 2.08 bits per heavy atom. The van der Waals surface area contributed by atoms with Gasteiger partial charge in [0.1, 0.15) is 5.75 Å². The van der Waals surface area contributed by atoms with Crippen LogP contribution in [0.15, 0.2) is 18.2 Å². The molecule has 0 saturated heterocycles. The van der Waals surface area contributed by atoms with Crippen LogP contribution in [-0.2, 0) is 19.1 Å². The number of rotatable bonds is 7. The minimum absolute atomic E-state index is 0.113. The van der Waals surface area contributed by atoms with Gasteiger partial charge in [-0.1, -0.05) is 0 Å². The van der Waals surface area contributed by atoms with Gasteiger partial charge in [-0.05, 0) is 26.0 Å². The number of nitro groups is 1. The minimum atomic E-state index is -5.06. The number of benzene rings is 1. The third kappa shape index (κ3) is 5.62. The highest BCUT2D eigenvalue weighted by molar-refractivity contribution is 6.01. The highest BCUT2D eigenvalue weighted by Gasteiger charge is 2.38. The number of hydrogen-bond acceptors (Lipinski definition) is 7. The molecule has 0 atom stereocenters. The molecule has 138 valence electrons. The number of carbonyl (C=O) groups excluding carboxylic acids is 2. The molecule has 0 spiro atoms. The molecule has 0 bridgehead atoms. The highest BCUT2D eigenvalue weighted by Crippen LogP contribution is 2.34. The fourth-order valence-electron chi connectivity index (χ4n) is 1.92. The molecule has 0 amide bonds. The largest absolute Gasteiger partial charge is 0.573 e. The highest BCUT2D eigenvalue weighted by atomic mass is 19.4. The molecule has 0 aromatic heterocycles. The molecule has 0 saturated carbocycles. The number of nitrogens with zero attached hydrogens (tertiary/aromatic N) is 1. The Balaban J connectivity index is 3.40. The molecule has 0 aliphatic carbocycles. The third-order valence-electron chi connectivity index (χ3n) is 2.79. The van der Waals surface area contributed by atoms with Crippen molar-refractivity contribution in [1.29, 1.82) is 0 Å². The predicted molar refractivity (Wildman–Crippen MR) is 75.8 cm³/mol. The molecule has 0 radical (unpaired) electrons. The van der Waals surface area contributed by atoms with Gasteiger partial charge in [-0.25, -0.2) is 0 Å². The molecule has 11 heteroatoms. The lowest BCUT2D eigenvalue weighted by Crippen LogP contribution is -2.27. The lowest BCUT2D eigenvalue weighted by atomic mass is 9.97. The Kier molecular flexibility index (Phi) is 6.71. The quantitative estimate of drug-likeness (QED) is 0.317. The number of esters is 2. The number of hydrogen-bond donors (Lipinski definition) is 0. The second kappa shape index (κ2) is 8.31. The maximum Gasteiger partial charge on any atom is 0.573 e. The van der Waals surface area contributed by atoms with Crippen molar-refractivity contribution in [2.45, 2.75) is 26.1 Å². The van der Waals surface area contributed by atoms with E-state index >= 15 is 0 Å². The van der Waals surface area contributed by atoms with Crippen molar-refractivity contribution in [2.24, 2.45) is 0 Å². The van der Waals surface area contributed by atoms with Crippen LogP contribution in [-0.4, -0.2) is 36.4 Å². The summed E-state index contributed by atoms with van der Waals surface area (Å²) in [6, 6.07) is 2.03. The Morgan fingerprint density at radius 2 is 1.68 bits per heavy atom. The van der Waals surface area contributed by atoms with E-state index in [9.17, 15) is 32.9 Å². The SMILES string of the molecule is CCOC(=O)C(C(=O)OCC)c1ccc(OC(F)(F)F)cc1[N+](=O)[O-]. The van der Waals surface area contributed by atoms with Gasteiger partial charge < -0.3 is 14.2 Å². The van der Waals surface area contributed by atoms with E-state index < -0.39 is 46.1 Å². The molecule has 0 N–H and O–H groups in total. The van der Waals surface area contributed by atoms with Crippen LogP contribution in [0.3, 0.4) is 0 Å². The molecule has 0 heterocycles. The van der Waals surface area contributed by atoms with Crippen LogP contribution < -0.4 is 4.74 Å². The predicted octanol–water partition coefficient (Wildman–Crippen LogP) is 2.70. The van der Waals surface area contributed by atoms with Gasteiger partial charge in [0.25, 0.3) is 5.69 Å². The van der Waals surface area contributed by atoms with E-state index in [0.29, 0.717) is 6.07 Å². The van der Waals surface area contributed by atoms with Crippen molar-refractivity contribution in [3.8, 4) is 5.75 Å². The van der Waals surface area contributed by atoms with Crippen LogP contribution in [0.25, 0.3) is 0 Å². The van der Waals surface area contributed by atoms with Crippen LogP contribution in [0.5, 0.6) is 5.75 Å². The normalized spacial score (nSPS) is 11.1. The van der Waals surface area contributed by atoms with Gasteiger partial charge in [0, 0.05) is 0 Å². The second-order valence-electron chi connectivity index (χ2n) is 4.46. The van der Waals surface area contributed by atoms with Crippen molar-refractivity contribution in [3.63, 3.8) is 0 Å². The first-order chi connectivity index (χ1) is 11.6. The van der Waals surface area contributed by atoms with Gasteiger partial charge in [-0.2, -0.15) is 0 Å². The molecule has 0 fully saturated rings. The van der Waals surface area contributed by atoms with Crippen LogP contribution >= 0.6 is 0 Å². The van der Waals surface area contributed by atoms with E-state index in [0.717, 1.165) is 12.1 Å². The molecule has 0 aliphatic heterocycles. The molecule has 1 aromatic carbocycles. The minimum Gasteiger partial charge on any atom is -0.465 e. The molecule has 0 aliphatic rings. The van der Waals surface area contributed by atoms with Crippen molar-refractivity contribution < 1.29 is 41.9 Å². The van der Waals surface area contributed by atoms with Crippen molar-refractivity contribution >= 4 is 17.6 Å². The van der Waals surface area contributed by atoms with Crippen LogP contribution in [0.4, 0.5) is 18.9 Å². The summed E-state index contributed by atoms with van der Waals surface area (Å²) >= 11 is 0. The number of carbonyl (C=O) groups is 2. The maximum absolute atomic E-state index is 12.3. The van der Waals surface area contributed by atoms with E-state index in [1.807, 2.05) is 0 Å². The van der Waals surface area contributed by atoms with Crippen molar-refractivity contribution in [3.05, 3.63) is 33.9 Å². The molecular weight excluding hydrogens is 351 g/mol. The van der Waals surface area contributed by atoms with Gasteiger partial charge in [0.2, 0.25) is 0 Å². The zero-order valence-corrected chi connectivity index (χ0v) is 13.2. The summed E-state index contributed by atoms with van der Waals surface area (Å²) < 4.78 is 49.8. The third-order valence-corrected chi connectivity index (χ3v) is 2.79. The van der Waals surface area contributed by atoms with E-state index in [2.05, 4.69) is 4.74 Å². The summed E-state index contributed by atoms with van der Waals surface area (Å²) in [6.07, 6.45) is -5.06. The fraction of sp³-hybridized carbons (Fsp3) is 0.429. The van der Waals surface area contributed by atoms with E-state index in [-0.39, 0.29) is 13.2 Å². The zero-order valence-electron chi connectivity index (χ0n) is 13.2. The van der Waals surface area contributed by atoms with Crippen LogP contribution in [0, 0.1) is 10.1 Å². The molecular formula is C14H14F3NO7. The van der Waals surface area contributed by atoms with E-state index in [4.69, 9.17) is 9.47 Å². The summed E-state index contributed by atoms with van der Waals surface area (Å²) in [5, 5.41) is 11.2. The molecule has 1 rings (SSSR count). The fourth-order valence-corrected chi connectivity index (χ4v) is 1.92. The Morgan fingerprint density at radius 1 is 1.16 bits per heavy atom. The van der Waals surface area contributed by atoms with Gasteiger partial charge in [-0.15, -0.1) is 13.2 Å². The average Bonchev–Trinajstić information content (AvgIpc) is 2.47. The van der Waals surface area contributed by atoms with Crippen LogP contribution in [0.2, 0.25) is 0 Å². The molecule has 8 nitrogen and oxygen atoms in total. The number of ether oxygens (including phenoxy) is 3. The Hall–Kier alpha value is -2.85. The van der Waals surface area contributed by atoms with Gasteiger partial charge in [0.15, 0.2) is 5.92 Å². The lowest BCUT2D eigenvalue weighted by Gasteiger charge is -2.16. The average molecular weight is 365 g/mol. The van der Waals surface area contributed by atoms with Gasteiger partial charge in [0.05, 0.1) is 29.8 Å². The summed E-state index contributed by atoms with van der Waals surface area (Å²) in [6.45, 7) is 2.68. The second-order valence-corrected chi connectivity index (χ2v) is 4.46. The zero-order chi connectivity index (χ0) is 19.2. The number of alkyl halides is 3. The van der Waals surface area contributed by atoms with Gasteiger partial charge >= 0.3 is 18.3 Å². The summed E-state index contributed by atoms with van der Waals surface area (Å²) in [5.41, 5.74) is -1.37. The first kappa shape index (κ1) is 20.2. The molecule has 1 aromatic rings. The summed E-state index contributed by atoms with van der Waals surface area (Å²) in [4.78, 5) is 34.1. The Bertz CT molecular complexity index is 642. The summed E-state index contributed by atoms with van der Waals surface area (Å²) in [5.74, 6) is -4.91.